The van der Waals surface area contributed by atoms with Crippen molar-refractivity contribution in [1.29, 1.82) is 0 Å². The average Bonchev–Trinajstić information content (AvgIpc) is 3.38. The van der Waals surface area contributed by atoms with E-state index in [4.69, 9.17) is 11.2 Å². The number of aromatic nitrogens is 4. The Morgan fingerprint density at radius 1 is 1.21 bits per heavy atom. The molecule has 0 atom stereocenters. The molecule has 38 heavy (non-hydrogen) atoms. The van der Waals surface area contributed by atoms with Gasteiger partial charge in [-0.2, -0.15) is 5.10 Å². The van der Waals surface area contributed by atoms with Gasteiger partial charge in [0.05, 0.1) is 24.9 Å². The van der Waals surface area contributed by atoms with Crippen molar-refractivity contribution in [1.82, 2.24) is 25.1 Å². The Balaban J connectivity index is 1.17. The fourth-order valence-corrected chi connectivity index (χ4v) is 4.60. The second kappa shape index (κ2) is 13.0. The standard InChI is InChI=1S/C29H35FN6O2/c1-4-11-31-28(37)26-8-7-25(15-27(26)30)38-14-5-6-22-9-12-35(13-10-22)29-32-16-23(17-33-29)24-18-34-36(20-24)19-21(2)3/h1,7-8,15-18,20-22H,5-6,9-14,19H2,2-3H3,(H,31,37). The number of nitrogens with zero attached hydrogens (tertiary/aromatic N) is 5. The highest BCUT2D eigenvalue weighted by Crippen LogP contribution is 2.26. The van der Waals surface area contributed by atoms with E-state index in [2.05, 4.69) is 45.1 Å². The maximum absolute atomic E-state index is 14.2. The number of hydrogen-bond acceptors (Lipinski definition) is 6. The number of benzene rings is 1. The van der Waals surface area contributed by atoms with Gasteiger partial charge in [-0.15, -0.1) is 6.42 Å². The van der Waals surface area contributed by atoms with Gasteiger partial charge in [0.25, 0.3) is 5.91 Å². The van der Waals surface area contributed by atoms with Crippen molar-refractivity contribution in [2.24, 2.45) is 11.8 Å². The lowest BCUT2D eigenvalue weighted by Gasteiger charge is -2.32. The van der Waals surface area contributed by atoms with Crippen LogP contribution in [0.3, 0.4) is 0 Å². The SMILES string of the molecule is C#CCNC(=O)c1ccc(OCCCC2CCN(c3ncc(-c4cnn(CC(C)C)c4)cn3)CC2)cc1F. The van der Waals surface area contributed by atoms with E-state index in [0.717, 1.165) is 62.4 Å². The fourth-order valence-electron chi connectivity index (χ4n) is 4.60. The van der Waals surface area contributed by atoms with Crippen molar-refractivity contribution in [3.8, 4) is 29.2 Å². The molecule has 1 aliphatic heterocycles. The van der Waals surface area contributed by atoms with Gasteiger partial charge in [-0.3, -0.25) is 9.48 Å². The Morgan fingerprint density at radius 2 is 1.97 bits per heavy atom. The van der Waals surface area contributed by atoms with Crippen LogP contribution in [0, 0.1) is 30.0 Å². The molecule has 2 aromatic heterocycles. The van der Waals surface area contributed by atoms with Crippen LogP contribution in [-0.2, 0) is 6.54 Å². The lowest BCUT2D eigenvalue weighted by Crippen LogP contribution is -2.34. The van der Waals surface area contributed by atoms with Gasteiger partial charge < -0.3 is 15.0 Å². The van der Waals surface area contributed by atoms with Crippen molar-refractivity contribution in [3.63, 3.8) is 0 Å². The van der Waals surface area contributed by atoms with E-state index in [1.165, 1.54) is 12.1 Å². The molecule has 0 aliphatic carbocycles. The first-order valence-electron chi connectivity index (χ1n) is 13.2. The number of carbonyl (C=O) groups is 1. The molecule has 1 aromatic carbocycles. The van der Waals surface area contributed by atoms with Crippen molar-refractivity contribution in [2.45, 2.75) is 46.1 Å². The molecule has 8 nitrogen and oxygen atoms in total. The van der Waals surface area contributed by atoms with Crippen molar-refractivity contribution in [3.05, 3.63) is 54.4 Å². The zero-order valence-electron chi connectivity index (χ0n) is 22.1. The zero-order chi connectivity index (χ0) is 26.9. The van der Waals surface area contributed by atoms with Crippen LogP contribution in [0.15, 0.2) is 43.0 Å². The molecule has 0 spiro atoms. The Kier molecular flexibility index (Phi) is 9.30. The number of halogens is 1. The van der Waals surface area contributed by atoms with E-state index in [9.17, 15) is 9.18 Å². The van der Waals surface area contributed by atoms with Crippen molar-refractivity contribution in [2.75, 3.05) is 31.1 Å². The summed E-state index contributed by atoms with van der Waals surface area (Å²) in [4.78, 5) is 23.4. The highest BCUT2D eigenvalue weighted by Gasteiger charge is 2.21. The number of anilines is 1. The van der Waals surface area contributed by atoms with Crippen LogP contribution in [0.5, 0.6) is 5.75 Å². The summed E-state index contributed by atoms with van der Waals surface area (Å²) in [6.45, 7) is 7.64. The lowest BCUT2D eigenvalue weighted by molar-refractivity contribution is 0.0954. The predicted octanol–water partition coefficient (Wildman–Crippen LogP) is 4.57. The van der Waals surface area contributed by atoms with Crippen LogP contribution in [0.1, 0.15) is 49.9 Å². The van der Waals surface area contributed by atoms with E-state index in [1.807, 2.05) is 29.5 Å². The molecule has 3 heterocycles. The molecular weight excluding hydrogens is 483 g/mol. The second-order valence-corrected chi connectivity index (χ2v) is 10.1. The molecule has 4 rings (SSSR count). The molecule has 0 unspecified atom stereocenters. The maximum Gasteiger partial charge on any atom is 0.255 e. The average molecular weight is 519 g/mol. The van der Waals surface area contributed by atoms with Crippen LogP contribution in [-0.4, -0.2) is 51.9 Å². The van der Waals surface area contributed by atoms with Gasteiger partial charge >= 0.3 is 0 Å². The van der Waals surface area contributed by atoms with Gasteiger partial charge in [-0.05, 0) is 49.7 Å². The van der Waals surface area contributed by atoms with Crippen LogP contribution in [0.25, 0.3) is 11.1 Å². The molecular formula is C29H35FN6O2. The minimum absolute atomic E-state index is 0.0456. The largest absolute Gasteiger partial charge is 0.493 e. The third kappa shape index (κ3) is 7.31. The van der Waals surface area contributed by atoms with Crippen molar-refractivity contribution < 1.29 is 13.9 Å². The summed E-state index contributed by atoms with van der Waals surface area (Å²) in [7, 11) is 0. The summed E-state index contributed by atoms with van der Waals surface area (Å²) in [5.41, 5.74) is 1.96. The molecule has 200 valence electrons. The maximum atomic E-state index is 14.2. The van der Waals surface area contributed by atoms with Crippen molar-refractivity contribution >= 4 is 11.9 Å². The number of ether oxygens (including phenoxy) is 1. The summed E-state index contributed by atoms with van der Waals surface area (Å²) in [6, 6.07) is 4.27. The van der Waals surface area contributed by atoms with Gasteiger partial charge in [0.1, 0.15) is 11.6 Å². The molecule has 1 aliphatic rings. The third-order valence-electron chi connectivity index (χ3n) is 6.62. The number of carbonyl (C=O) groups excluding carboxylic acids is 1. The van der Waals surface area contributed by atoms with E-state index in [0.29, 0.717) is 24.2 Å². The van der Waals surface area contributed by atoms with E-state index in [-0.39, 0.29) is 12.1 Å². The minimum Gasteiger partial charge on any atom is -0.493 e. The summed E-state index contributed by atoms with van der Waals surface area (Å²) >= 11 is 0. The van der Waals surface area contributed by atoms with E-state index in [1.54, 1.807) is 6.07 Å². The molecule has 3 aromatic rings. The van der Waals surface area contributed by atoms with Crippen LogP contribution in [0.4, 0.5) is 10.3 Å². The zero-order valence-corrected chi connectivity index (χ0v) is 22.1. The Hall–Kier alpha value is -3.93. The molecule has 1 amide bonds. The first-order chi connectivity index (χ1) is 18.4. The lowest BCUT2D eigenvalue weighted by atomic mass is 9.92. The predicted molar refractivity (Wildman–Crippen MR) is 145 cm³/mol. The quantitative estimate of drug-likeness (QED) is 0.296. The second-order valence-electron chi connectivity index (χ2n) is 10.1. The molecule has 0 bridgehead atoms. The first kappa shape index (κ1) is 27.1. The molecule has 1 N–H and O–H groups in total. The van der Waals surface area contributed by atoms with Gasteiger partial charge in [0.2, 0.25) is 5.95 Å². The number of nitrogens with one attached hydrogen (secondary N) is 1. The number of piperidine rings is 1. The molecule has 1 saturated heterocycles. The molecule has 0 saturated carbocycles. The number of rotatable bonds is 11. The van der Waals surface area contributed by atoms with Crippen LogP contribution >= 0.6 is 0 Å². The monoisotopic (exact) mass is 518 g/mol. The molecule has 1 fully saturated rings. The van der Waals surface area contributed by atoms with E-state index >= 15 is 0 Å². The summed E-state index contributed by atoms with van der Waals surface area (Å²) in [5, 5.41) is 6.88. The minimum atomic E-state index is -0.624. The molecule has 9 heteroatoms. The number of terminal acetylenes is 1. The Morgan fingerprint density at radius 3 is 2.66 bits per heavy atom. The third-order valence-corrected chi connectivity index (χ3v) is 6.62. The van der Waals surface area contributed by atoms with Gasteiger partial charge in [0.15, 0.2) is 0 Å². The highest BCUT2D eigenvalue weighted by atomic mass is 19.1. The first-order valence-corrected chi connectivity index (χ1v) is 13.2. The topological polar surface area (TPSA) is 85.2 Å². The Bertz CT molecular complexity index is 1240. The summed E-state index contributed by atoms with van der Waals surface area (Å²) in [6.07, 6.45) is 16.8. The number of amides is 1. The Labute approximate surface area is 223 Å². The van der Waals surface area contributed by atoms with Gasteiger partial charge in [0, 0.05) is 55.4 Å². The normalized spacial score (nSPS) is 13.9. The molecule has 0 radical (unpaired) electrons. The number of hydrogen-bond donors (Lipinski definition) is 1. The smallest absolute Gasteiger partial charge is 0.255 e. The highest BCUT2D eigenvalue weighted by molar-refractivity contribution is 5.94. The van der Waals surface area contributed by atoms with Gasteiger partial charge in [-0.25, -0.2) is 14.4 Å². The van der Waals surface area contributed by atoms with Crippen LogP contribution < -0.4 is 15.0 Å². The van der Waals surface area contributed by atoms with E-state index < -0.39 is 11.7 Å². The fraction of sp³-hybridized carbons (Fsp3) is 0.448. The van der Waals surface area contributed by atoms with Crippen LogP contribution in [0.2, 0.25) is 0 Å². The summed E-state index contributed by atoms with van der Waals surface area (Å²) < 4.78 is 21.9. The summed E-state index contributed by atoms with van der Waals surface area (Å²) in [5.74, 6) is 3.47. The van der Waals surface area contributed by atoms with Gasteiger partial charge in [-0.1, -0.05) is 19.8 Å².